The van der Waals surface area contributed by atoms with Crippen molar-refractivity contribution in [1.29, 1.82) is 0 Å². The molecule has 6 heterocycles. The molecule has 2 amide bonds. The van der Waals surface area contributed by atoms with Gasteiger partial charge < -0.3 is 14.8 Å². The third-order valence-electron chi connectivity index (χ3n) is 12.7. The van der Waals surface area contributed by atoms with Crippen molar-refractivity contribution < 1.29 is 63.0 Å². The van der Waals surface area contributed by atoms with Gasteiger partial charge in [0.05, 0.1) is 20.3 Å². The molecule has 416 valence electrons. The summed E-state index contributed by atoms with van der Waals surface area (Å²) in [5, 5.41) is 27.1. The van der Waals surface area contributed by atoms with E-state index in [1.807, 2.05) is 4.72 Å². The van der Waals surface area contributed by atoms with Gasteiger partial charge in [-0.15, -0.1) is 0 Å². The van der Waals surface area contributed by atoms with E-state index < -0.39 is 66.0 Å². The fraction of sp³-hybridized carbons (Fsp3) is 0.500. The second-order valence-corrected chi connectivity index (χ2v) is 26.0. The quantitative estimate of drug-likeness (QED) is 0.123. The molecule has 4 bridgehead atoms. The lowest BCUT2D eigenvalue weighted by atomic mass is 9.90. The Bertz CT molecular complexity index is 3520. The van der Waals surface area contributed by atoms with Crippen LogP contribution in [0.1, 0.15) is 78.6 Å². The molecule has 2 aromatic carbocycles. The van der Waals surface area contributed by atoms with E-state index in [0.29, 0.717) is 72.0 Å². The van der Waals surface area contributed by atoms with Crippen molar-refractivity contribution in [2.75, 3.05) is 13.1 Å². The predicted molar refractivity (Wildman–Crippen MR) is 271 cm³/mol. The van der Waals surface area contributed by atoms with E-state index in [1.54, 1.807) is 41.5 Å². The number of carbonyl (C=O) groups excluding carboxylic acids is 2. The number of carbonyl (C=O) groups is 2. The summed E-state index contributed by atoms with van der Waals surface area (Å²) in [6, 6.07) is 8.47. The van der Waals surface area contributed by atoms with Crippen LogP contribution >= 0.6 is 42.5 Å². The van der Waals surface area contributed by atoms with Crippen molar-refractivity contribution >= 4 is 74.2 Å². The van der Waals surface area contributed by atoms with Gasteiger partial charge in [-0.2, -0.15) is 21.1 Å². The highest BCUT2D eigenvalue weighted by atomic mass is 79.9. The van der Waals surface area contributed by atoms with E-state index in [-0.39, 0.29) is 50.7 Å². The highest BCUT2D eigenvalue weighted by molar-refractivity contribution is 9.10. The third-order valence-corrected chi connectivity index (χ3v) is 16.0. The molecule has 4 aliphatic rings. The third kappa shape index (κ3) is 13.9. The monoisotopic (exact) mass is 1260 g/mol. The van der Waals surface area contributed by atoms with Gasteiger partial charge in [0, 0.05) is 29.3 Å². The minimum Gasteiger partial charge on any atom is -0.443 e. The van der Waals surface area contributed by atoms with Crippen LogP contribution in [-0.2, 0) is 41.8 Å². The number of ether oxygens (including phenoxy) is 2. The highest BCUT2D eigenvalue weighted by Crippen LogP contribution is 2.45. The zero-order chi connectivity index (χ0) is 55.9. The van der Waals surface area contributed by atoms with E-state index in [4.69, 9.17) is 33.7 Å². The summed E-state index contributed by atoms with van der Waals surface area (Å²) >= 11 is 6.23. The first-order chi connectivity index (χ1) is 36.0. The topological polar surface area (TPSA) is 334 Å². The van der Waals surface area contributed by atoms with Crippen LogP contribution in [0.15, 0.2) is 73.2 Å². The first kappa shape index (κ1) is 57.3. The second-order valence-electron chi connectivity index (χ2n) is 20.4. The molecule has 77 heavy (non-hydrogen) atoms. The molecule has 2 saturated carbocycles. The Labute approximate surface area is 457 Å². The molecule has 2 aliphatic heterocycles. The Morgan fingerprint density at radius 1 is 0.714 bits per heavy atom. The molecule has 33 heteroatoms. The molecule has 4 fully saturated rings. The molecular weight excluding hydrogens is 1220 g/mol. The number of hydrogen-bond acceptors (Lipinski definition) is 21. The first-order valence-corrected chi connectivity index (χ1v) is 28.8. The van der Waals surface area contributed by atoms with Gasteiger partial charge in [-0.05, 0) is 189 Å². The number of amides is 2. The minimum absolute atomic E-state index is 0.00678. The number of aromatic nitrogens is 8. The molecule has 26 nitrogen and oxygen atoms in total. The van der Waals surface area contributed by atoms with Crippen molar-refractivity contribution in [3.05, 3.63) is 89.5 Å². The number of nitrogens with one attached hydrogen (secondary N) is 3. The fourth-order valence-electron chi connectivity index (χ4n) is 9.64. The van der Waals surface area contributed by atoms with Crippen molar-refractivity contribution in [2.45, 2.75) is 103 Å². The Morgan fingerprint density at radius 2 is 1.19 bits per heavy atom. The van der Waals surface area contributed by atoms with Crippen LogP contribution in [0.25, 0.3) is 34.4 Å². The van der Waals surface area contributed by atoms with Crippen LogP contribution in [0.3, 0.4) is 0 Å². The van der Waals surface area contributed by atoms with Gasteiger partial charge in [0.1, 0.15) is 34.2 Å². The Morgan fingerprint density at radius 3 is 1.60 bits per heavy atom. The molecule has 10 rings (SSSR count). The standard InChI is InChI=1S/C22H24BrFN6O7S.C17H15BrFN5O3.C5H10ClNO4S/c1-22(2,3)35-20(31)28-38(33,34)29-10-12-7-14(29)6-11(12)8-17-18(26-37-25-17)19-27-36-21(32)30(19)13-4-5-16(24)15(23)9-13;18-12-6-11(1-2-13(12)19)24-16(23-26-17(24)25)15-14(21-27-22-15)5-8-3-10-4-9(8)7-20-10;1-5(2,3)11-4(8)7-12(6,9)10/h4-5,9,11-12,14H,6-8,10H2,1-3H3,(H,28,31);1-2,6,8-10,20H,3-5,7H2;1-3H3,(H,7,8). The van der Waals surface area contributed by atoms with Gasteiger partial charge in [-0.3, -0.25) is 9.05 Å². The molecule has 6 aromatic rings. The zero-order valence-electron chi connectivity index (χ0n) is 41.5. The average Bonchev–Trinajstić information content (AvgIpc) is 4.19. The van der Waals surface area contributed by atoms with Gasteiger partial charge in [0.2, 0.25) is 11.6 Å². The molecular formula is C44H49Br2ClF2N12O14S2. The molecule has 2 aliphatic carbocycles. The molecule has 0 radical (unpaired) electrons. The summed E-state index contributed by atoms with van der Waals surface area (Å²) in [6.45, 7) is 11.0. The number of rotatable bonds is 11. The molecule has 6 unspecified atom stereocenters. The molecule has 4 aromatic heterocycles. The van der Waals surface area contributed by atoms with E-state index >= 15 is 0 Å². The van der Waals surface area contributed by atoms with Crippen LogP contribution in [0.5, 0.6) is 0 Å². The molecule has 6 atom stereocenters. The van der Waals surface area contributed by atoms with E-state index in [2.05, 4.69) is 72.9 Å². The zero-order valence-corrected chi connectivity index (χ0v) is 47.1. The second kappa shape index (κ2) is 22.4. The Balaban J connectivity index is 0.000000174. The lowest BCUT2D eigenvalue weighted by molar-refractivity contribution is 0.0555. The van der Waals surface area contributed by atoms with E-state index in [1.165, 1.54) is 56.4 Å². The summed E-state index contributed by atoms with van der Waals surface area (Å²) in [4.78, 5) is 47.4. The van der Waals surface area contributed by atoms with Crippen LogP contribution in [0.4, 0.5) is 18.4 Å². The first-order valence-electron chi connectivity index (χ1n) is 23.5. The van der Waals surface area contributed by atoms with Crippen molar-refractivity contribution in [1.82, 2.24) is 59.1 Å². The van der Waals surface area contributed by atoms with E-state index in [9.17, 15) is 44.8 Å². The summed E-state index contributed by atoms with van der Waals surface area (Å²) < 4.78 is 110. The largest absolute Gasteiger partial charge is 0.446 e. The van der Waals surface area contributed by atoms with Crippen LogP contribution < -0.4 is 26.3 Å². The number of piperidine rings is 2. The van der Waals surface area contributed by atoms with Crippen LogP contribution in [0, 0.1) is 35.3 Å². The van der Waals surface area contributed by atoms with Gasteiger partial charge in [-0.1, -0.05) is 20.6 Å². The van der Waals surface area contributed by atoms with Gasteiger partial charge in [-0.25, -0.2) is 55.8 Å². The maximum absolute atomic E-state index is 13.7. The lowest BCUT2D eigenvalue weighted by Crippen LogP contribution is -2.49. The van der Waals surface area contributed by atoms with Crippen molar-refractivity contribution in [3.8, 4) is 34.4 Å². The SMILES string of the molecule is CC(C)(C)OC(=O)NS(=O)(=O)Cl.CC(C)(C)OC(=O)NS(=O)(=O)N1CC2CC1CC2Cc1nonc1-c1noc(=O)n1-c1ccc(F)c(Br)c1.O=c1onc(-c2nonc2CC2CC3CC2CN3)n1-c1ccc(F)c(Br)c1. The number of benzene rings is 2. The number of fused-ring (bicyclic) bond motifs is 4. The highest BCUT2D eigenvalue weighted by Gasteiger charge is 2.50. The van der Waals surface area contributed by atoms with Gasteiger partial charge >= 0.3 is 43.1 Å². The lowest BCUT2D eigenvalue weighted by Gasteiger charge is -2.30. The Hall–Kier alpha value is -5.93. The summed E-state index contributed by atoms with van der Waals surface area (Å²) in [7, 11) is -3.40. The van der Waals surface area contributed by atoms with Crippen LogP contribution in [-0.4, -0.2) is 110 Å². The van der Waals surface area contributed by atoms with Gasteiger partial charge in [0.25, 0.3) is 0 Å². The van der Waals surface area contributed by atoms with Crippen molar-refractivity contribution in [2.24, 2.45) is 23.7 Å². The number of nitrogens with zero attached hydrogens (tertiary/aromatic N) is 9. The van der Waals surface area contributed by atoms with Gasteiger partial charge in [0.15, 0.2) is 11.4 Å². The smallest absolute Gasteiger partial charge is 0.443 e. The minimum atomic E-state index is -4.07. The fourth-order valence-corrected chi connectivity index (χ4v) is 12.1. The predicted octanol–water partition coefficient (Wildman–Crippen LogP) is 6.11. The molecule has 0 spiro atoms. The maximum Gasteiger partial charge on any atom is 0.446 e. The molecule has 2 saturated heterocycles. The summed E-state index contributed by atoms with van der Waals surface area (Å²) in [6.07, 6.45) is 2.41. The van der Waals surface area contributed by atoms with Crippen LogP contribution in [0.2, 0.25) is 0 Å². The van der Waals surface area contributed by atoms with E-state index in [0.717, 1.165) is 17.5 Å². The summed E-state index contributed by atoms with van der Waals surface area (Å²) in [5.41, 5.74) is 0.760. The van der Waals surface area contributed by atoms with Crippen molar-refractivity contribution in [3.63, 3.8) is 0 Å². The number of halogens is 5. The Kier molecular flexibility index (Phi) is 16.7. The maximum atomic E-state index is 13.7. The average molecular weight is 1270 g/mol. The normalized spacial score (nSPS) is 21.0. The summed E-state index contributed by atoms with van der Waals surface area (Å²) in [5.74, 6) is -1.03. The number of hydrogen-bond donors (Lipinski definition) is 3. The molecule has 3 N–H and O–H groups in total.